The molecule has 0 amide bonds. The van der Waals surface area contributed by atoms with E-state index >= 15 is 0 Å². The van der Waals surface area contributed by atoms with Gasteiger partial charge in [-0.2, -0.15) is 0 Å². The summed E-state index contributed by atoms with van der Waals surface area (Å²) in [5, 5.41) is 29.9. The minimum atomic E-state index is -1.61. The molecule has 3 N–H and O–H groups in total. The molecule has 1 saturated carbocycles. The molecule has 1 fully saturated rings. The minimum Gasteiger partial charge on any atom is -0.480 e. The van der Waals surface area contributed by atoms with Crippen LogP contribution in [0, 0.1) is 11.8 Å². The van der Waals surface area contributed by atoms with Crippen molar-refractivity contribution in [2.45, 2.75) is 95.7 Å². The molecule has 0 aromatic heterocycles. The Morgan fingerprint density at radius 1 is 1.14 bits per heavy atom. The van der Waals surface area contributed by atoms with Crippen molar-refractivity contribution in [1.29, 1.82) is 0 Å². The average Bonchev–Trinajstić information content (AvgIpc) is 3.21. The Labute approximate surface area is 210 Å². The van der Waals surface area contributed by atoms with Crippen LogP contribution in [0.1, 0.15) is 89.5 Å². The van der Waals surface area contributed by atoms with E-state index < -0.39 is 17.7 Å². The summed E-state index contributed by atoms with van der Waals surface area (Å²) in [4.78, 5) is 24.9. The van der Waals surface area contributed by atoms with Crippen LogP contribution < -0.4 is 0 Å². The highest BCUT2D eigenvalue weighted by Gasteiger charge is 2.47. The number of rotatable bonds is 18. The molecule has 196 valence electrons. The summed E-state index contributed by atoms with van der Waals surface area (Å²) in [5.74, 6) is -0.407. The molecule has 2 unspecified atom stereocenters. The van der Waals surface area contributed by atoms with Crippen LogP contribution in [0.2, 0.25) is 0 Å². The first kappa shape index (κ1) is 29.2. The number of hydrogen-bond donors (Lipinski definition) is 3. The first-order valence-electron chi connectivity index (χ1n) is 13.4. The molecule has 1 aromatic rings. The monoisotopic (exact) mass is 488 g/mol. The number of aliphatic hydroxyl groups is 2. The highest BCUT2D eigenvalue weighted by molar-refractivity contribution is 5.83. The Kier molecular flexibility index (Phi) is 13.2. The van der Waals surface area contributed by atoms with Gasteiger partial charge < -0.3 is 20.1 Å². The third-order valence-corrected chi connectivity index (χ3v) is 7.31. The Hall–Kier alpha value is -2.02. The Morgan fingerprint density at radius 3 is 2.57 bits per heavy atom. The van der Waals surface area contributed by atoms with E-state index in [1.54, 1.807) is 30.3 Å². The molecule has 1 aromatic carbocycles. The molecule has 0 saturated heterocycles. The van der Waals surface area contributed by atoms with E-state index in [9.17, 15) is 19.8 Å². The number of ketones is 1. The van der Waals surface area contributed by atoms with Crippen LogP contribution >= 0.6 is 0 Å². The summed E-state index contributed by atoms with van der Waals surface area (Å²) in [6, 6.07) is 8.67. The molecule has 1 aliphatic carbocycles. The molecular formula is C29H44O6. The first-order valence-corrected chi connectivity index (χ1v) is 13.4. The number of Topliss-reactive ketones (excluding diaryl/α,β-unsaturated/α-hetero) is 1. The number of benzene rings is 1. The number of carbonyl (C=O) groups is 2. The Balaban J connectivity index is 1.92. The van der Waals surface area contributed by atoms with E-state index in [0.29, 0.717) is 30.1 Å². The zero-order chi connectivity index (χ0) is 25.5. The van der Waals surface area contributed by atoms with Gasteiger partial charge in [-0.3, -0.25) is 9.59 Å². The van der Waals surface area contributed by atoms with Crippen LogP contribution in [0.15, 0.2) is 42.5 Å². The molecular weight excluding hydrogens is 444 g/mol. The molecule has 1 aliphatic rings. The molecule has 4 atom stereocenters. The number of hydrogen-bond acceptors (Lipinski definition) is 5. The van der Waals surface area contributed by atoms with Crippen molar-refractivity contribution >= 4 is 11.8 Å². The average molecular weight is 489 g/mol. The molecule has 6 nitrogen and oxygen atoms in total. The highest BCUT2D eigenvalue weighted by atomic mass is 16.6. The van der Waals surface area contributed by atoms with Crippen molar-refractivity contribution in [3.8, 4) is 0 Å². The van der Waals surface area contributed by atoms with Crippen molar-refractivity contribution in [3.63, 3.8) is 0 Å². The van der Waals surface area contributed by atoms with Crippen LogP contribution in [-0.2, 0) is 19.7 Å². The maximum Gasteiger partial charge on any atom is 0.319 e. The van der Waals surface area contributed by atoms with Gasteiger partial charge >= 0.3 is 5.97 Å². The van der Waals surface area contributed by atoms with Gasteiger partial charge in [0.1, 0.15) is 11.2 Å². The summed E-state index contributed by atoms with van der Waals surface area (Å²) in [7, 11) is 0. The van der Waals surface area contributed by atoms with Gasteiger partial charge in [0.15, 0.2) is 6.29 Å². The quantitative estimate of drug-likeness (QED) is 0.145. The number of carbonyl (C=O) groups excluding carboxylic acids is 1. The summed E-state index contributed by atoms with van der Waals surface area (Å²) in [6.45, 7) is 1.77. The van der Waals surface area contributed by atoms with Gasteiger partial charge in [0.2, 0.25) is 0 Å². The van der Waals surface area contributed by atoms with E-state index in [1.807, 2.05) is 0 Å². The summed E-state index contributed by atoms with van der Waals surface area (Å²) >= 11 is 0. The van der Waals surface area contributed by atoms with Crippen molar-refractivity contribution in [2.24, 2.45) is 11.8 Å². The summed E-state index contributed by atoms with van der Waals surface area (Å²) in [5.41, 5.74) is -1.13. The second-order valence-electron chi connectivity index (χ2n) is 9.74. The van der Waals surface area contributed by atoms with Crippen LogP contribution in [-0.4, -0.2) is 46.6 Å². The fraction of sp³-hybridized carbons (Fsp3) is 0.655. The predicted octanol–water partition coefficient (Wildman–Crippen LogP) is 5.41. The number of aliphatic carboxylic acids is 1. The number of unbranched alkanes of at least 4 members (excludes halogenated alkanes) is 6. The van der Waals surface area contributed by atoms with E-state index in [2.05, 4.69) is 19.1 Å². The fourth-order valence-corrected chi connectivity index (χ4v) is 5.23. The second-order valence-corrected chi connectivity index (χ2v) is 9.74. The summed E-state index contributed by atoms with van der Waals surface area (Å²) in [6.07, 6.45) is 13.8. The van der Waals surface area contributed by atoms with E-state index in [4.69, 9.17) is 9.84 Å². The number of aliphatic hydroxyl groups excluding tert-OH is 2. The van der Waals surface area contributed by atoms with Crippen molar-refractivity contribution < 1.29 is 29.6 Å². The van der Waals surface area contributed by atoms with Crippen LogP contribution in [0.5, 0.6) is 0 Å². The molecule has 0 bridgehead atoms. The lowest BCUT2D eigenvalue weighted by Gasteiger charge is -2.34. The smallest absolute Gasteiger partial charge is 0.319 e. The van der Waals surface area contributed by atoms with Crippen LogP contribution in [0.25, 0.3) is 0 Å². The molecule has 0 radical (unpaired) electrons. The maximum absolute atomic E-state index is 12.5. The van der Waals surface area contributed by atoms with Gasteiger partial charge in [-0.05, 0) is 43.6 Å². The number of carboxylic acid groups (broad SMARTS) is 1. The van der Waals surface area contributed by atoms with Gasteiger partial charge in [0.05, 0.1) is 13.2 Å². The normalized spacial score (nSPS) is 20.8. The van der Waals surface area contributed by atoms with E-state index in [0.717, 1.165) is 32.1 Å². The Bertz CT molecular complexity index is 777. The lowest BCUT2D eigenvalue weighted by Crippen LogP contribution is -2.48. The number of allylic oxidation sites excluding steroid dienone is 2. The lowest BCUT2D eigenvalue weighted by atomic mass is 9.75. The number of ether oxygens (including phenoxy) is 1. The first-order chi connectivity index (χ1) is 17.0. The van der Waals surface area contributed by atoms with Crippen molar-refractivity contribution in [1.82, 2.24) is 0 Å². The zero-order valence-corrected chi connectivity index (χ0v) is 21.2. The molecule has 0 spiro atoms. The highest BCUT2D eigenvalue weighted by Crippen LogP contribution is 2.37. The SMILES string of the molecule is CCCCCCC=C[C@H]1CCC(=O)[C@@H]1CCCCCC(C(=O)O)(c1ccccc1)C(O)OCCO. The maximum atomic E-state index is 12.5. The van der Waals surface area contributed by atoms with Crippen LogP contribution in [0.3, 0.4) is 0 Å². The van der Waals surface area contributed by atoms with Gasteiger partial charge in [0, 0.05) is 12.3 Å². The minimum absolute atomic E-state index is 0.0683. The molecule has 0 heterocycles. The van der Waals surface area contributed by atoms with Crippen LogP contribution in [0.4, 0.5) is 0 Å². The zero-order valence-electron chi connectivity index (χ0n) is 21.2. The third-order valence-electron chi connectivity index (χ3n) is 7.31. The van der Waals surface area contributed by atoms with E-state index in [-0.39, 0.29) is 25.6 Å². The second kappa shape index (κ2) is 15.9. The van der Waals surface area contributed by atoms with E-state index in [1.165, 1.54) is 25.7 Å². The fourth-order valence-electron chi connectivity index (χ4n) is 5.23. The Morgan fingerprint density at radius 2 is 1.89 bits per heavy atom. The number of carboxylic acids is 1. The topological polar surface area (TPSA) is 104 Å². The standard InChI is InChI=1S/C29H44O6/c1-2-3-4-5-6-9-14-23-18-19-26(31)25(23)17-12-8-13-20-29(27(32)33,28(34)35-22-21-30)24-15-10-7-11-16-24/h7,9-11,14-16,23,25,28,30,34H,2-6,8,12-13,17-22H2,1H3,(H,32,33)/t23-,25+,28?,29?/m0/s1. The van der Waals surface area contributed by atoms with Crippen molar-refractivity contribution in [3.05, 3.63) is 48.0 Å². The summed E-state index contributed by atoms with van der Waals surface area (Å²) < 4.78 is 5.28. The largest absolute Gasteiger partial charge is 0.480 e. The van der Waals surface area contributed by atoms with Gasteiger partial charge in [-0.1, -0.05) is 87.9 Å². The van der Waals surface area contributed by atoms with Gasteiger partial charge in [-0.15, -0.1) is 0 Å². The molecule has 0 aliphatic heterocycles. The van der Waals surface area contributed by atoms with Gasteiger partial charge in [-0.25, -0.2) is 0 Å². The van der Waals surface area contributed by atoms with Gasteiger partial charge in [0.25, 0.3) is 0 Å². The molecule has 35 heavy (non-hydrogen) atoms. The molecule has 2 rings (SSSR count). The molecule has 6 heteroatoms. The third kappa shape index (κ3) is 8.55. The van der Waals surface area contributed by atoms with Crippen molar-refractivity contribution in [2.75, 3.05) is 13.2 Å². The predicted molar refractivity (Wildman–Crippen MR) is 137 cm³/mol. The lowest BCUT2D eigenvalue weighted by molar-refractivity contribution is -0.182.